The van der Waals surface area contributed by atoms with E-state index in [1.54, 1.807) is 24.3 Å². The maximum atomic E-state index is 15.6. The molecule has 39 heavy (non-hydrogen) atoms. The van der Waals surface area contributed by atoms with Gasteiger partial charge in [-0.2, -0.15) is 0 Å². The van der Waals surface area contributed by atoms with Gasteiger partial charge in [-0.15, -0.1) is 0 Å². The molecular formula is C30H20BF5O3. The van der Waals surface area contributed by atoms with Gasteiger partial charge in [-0.25, -0.2) is 22.0 Å². The monoisotopic (exact) mass is 534 g/mol. The Labute approximate surface area is 220 Å². The summed E-state index contributed by atoms with van der Waals surface area (Å²) < 4.78 is 90.1. The van der Waals surface area contributed by atoms with Gasteiger partial charge in [0.25, 0.3) is 0 Å². The second-order valence-electron chi connectivity index (χ2n) is 9.83. The SMILES string of the molecule is Fc1c(F)c(F)c([B-]2([O+]3CCCC3)Oc3ccc4ccccc4c3-c3c(ccc4ccccc34)O2)c(F)c1F. The fourth-order valence-corrected chi connectivity index (χ4v) is 5.91. The second kappa shape index (κ2) is 8.71. The van der Waals surface area contributed by atoms with E-state index >= 15 is 8.78 Å². The molecule has 0 spiro atoms. The van der Waals surface area contributed by atoms with Crippen LogP contribution >= 0.6 is 0 Å². The molecule has 0 bridgehead atoms. The Balaban J connectivity index is 1.64. The molecule has 0 radical (unpaired) electrons. The molecule has 0 unspecified atom stereocenters. The van der Waals surface area contributed by atoms with E-state index in [0.29, 0.717) is 24.0 Å². The molecule has 5 aromatic rings. The maximum absolute atomic E-state index is 15.6. The third kappa shape index (κ3) is 3.39. The Morgan fingerprint density at radius 1 is 0.538 bits per heavy atom. The number of rotatable bonds is 2. The molecule has 0 N–H and O–H groups in total. The summed E-state index contributed by atoms with van der Waals surface area (Å²) in [6.07, 6.45) is 1.21. The number of halogens is 5. The van der Waals surface area contributed by atoms with Crippen molar-refractivity contribution in [3.63, 3.8) is 0 Å². The van der Waals surface area contributed by atoms with Crippen LogP contribution in [0.1, 0.15) is 12.8 Å². The highest BCUT2D eigenvalue weighted by atomic mass is 19.2. The summed E-state index contributed by atoms with van der Waals surface area (Å²) >= 11 is 0. The van der Waals surface area contributed by atoms with Crippen molar-refractivity contribution in [2.75, 3.05) is 13.2 Å². The fourth-order valence-electron chi connectivity index (χ4n) is 5.91. The Kier molecular flexibility index (Phi) is 5.35. The summed E-state index contributed by atoms with van der Waals surface area (Å²) in [7, 11) is 0. The first kappa shape index (κ1) is 24.0. The zero-order valence-corrected chi connectivity index (χ0v) is 20.4. The lowest BCUT2D eigenvalue weighted by molar-refractivity contribution is -0.0197. The van der Waals surface area contributed by atoms with Crippen molar-refractivity contribution in [1.82, 2.24) is 0 Å². The van der Waals surface area contributed by atoms with E-state index in [0.717, 1.165) is 21.5 Å². The lowest BCUT2D eigenvalue weighted by atomic mass is 9.66. The average molecular weight is 534 g/mol. The van der Waals surface area contributed by atoms with Crippen molar-refractivity contribution < 1.29 is 35.5 Å². The molecule has 0 aromatic heterocycles. The molecule has 7 rings (SSSR count). The van der Waals surface area contributed by atoms with E-state index in [1.165, 1.54) is 0 Å². The molecule has 9 heteroatoms. The molecule has 3 nitrogen and oxygen atoms in total. The predicted molar refractivity (Wildman–Crippen MR) is 140 cm³/mol. The summed E-state index contributed by atoms with van der Waals surface area (Å²) in [4.78, 5) is 0. The van der Waals surface area contributed by atoms with Gasteiger partial charge in [0.05, 0.1) is 17.0 Å². The van der Waals surface area contributed by atoms with Crippen molar-refractivity contribution in [3.05, 3.63) is 102 Å². The van der Waals surface area contributed by atoms with Gasteiger partial charge >= 0.3 is 6.75 Å². The summed E-state index contributed by atoms with van der Waals surface area (Å²) in [5.41, 5.74) is 0.0538. The smallest absolute Gasteiger partial charge is 0.606 e. The predicted octanol–water partition coefficient (Wildman–Crippen LogP) is 7.32. The van der Waals surface area contributed by atoms with Crippen molar-refractivity contribution >= 4 is 33.8 Å². The van der Waals surface area contributed by atoms with Gasteiger partial charge in [0.2, 0.25) is 0 Å². The van der Waals surface area contributed by atoms with Gasteiger partial charge in [-0.1, -0.05) is 60.7 Å². The van der Waals surface area contributed by atoms with Crippen LogP contribution in [0.4, 0.5) is 22.0 Å². The first-order chi connectivity index (χ1) is 18.9. The molecule has 2 heterocycles. The number of hydrogen-bond donors (Lipinski definition) is 0. The van der Waals surface area contributed by atoms with Gasteiger partial charge in [0.1, 0.15) is 24.8 Å². The zero-order valence-electron chi connectivity index (χ0n) is 20.4. The van der Waals surface area contributed by atoms with Gasteiger partial charge in [-0.3, -0.25) is 0 Å². The van der Waals surface area contributed by atoms with Crippen LogP contribution in [0.3, 0.4) is 0 Å². The van der Waals surface area contributed by atoms with Crippen molar-refractivity contribution in [3.8, 4) is 22.6 Å². The maximum Gasteiger partial charge on any atom is 0.717 e. The topological polar surface area (TPSA) is 21.2 Å². The van der Waals surface area contributed by atoms with E-state index in [1.807, 2.05) is 48.5 Å². The van der Waals surface area contributed by atoms with Crippen LogP contribution in [-0.4, -0.2) is 20.0 Å². The minimum absolute atomic E-state index is 0.200. The number of fused-ring (bicyclic) bond motifs is 7. The average Bonchev–Trinajstić information content (AvgIpc) is 3.46. The lowest BCUT2D eigenvalue weighted by Gasteiger charge is -2.43. The normalized spacial score (nSPS) is 16.4. The third-order valence-corrected chi connectivity index (χ3v) is 7.70. The molecule has 1 saturated heterocycles. The molecule has 0 aliphatic carbocycles. The van der Waals surface area contributed by atoms with Crippen LogP contribution in [0.25, 0.3) is 32.7 Å². The lowest BCUT2D eigenvalue weighted by Crippen LogP contribution is -2.69. The first-order valence-electron chi connectivity index (χ1n) is 12.7. The van der Waals surface area contributed by atoms with Gasteiger partial charge < -0.3 is 13.6 Å². The second-order valence-corrected chi connectivity index (χ2v) is 9.83. The molecule has 2 aliphatic heterocycles. The molecule has 0 atom stereocenters. The minimum Gasteiger partial charge on any atom is -0.606 e. The minimum atomic E-state index is -3.51. The molecule has 5 aromatic carbocycles. The largest absolute Gasteiger partial charge is 0.717 e. The Hall–Kier alpha value is -4.11. The highest BCUT2D eigenvalue weighted by molar-refractivity contribution is 6.78. The zero-order chi connectivity index (χ0) is 26.9. The van der Waals surface area contributed by atoms with Crippen molar-refractivity contribution in [1.29, 1.82) is 0 Å². The van der Waals surface area contributed by atoms with E-state index in [2.05, 4.69) is 4.28 Å². The van der Waals surface area contributed by atoms with E-state index in [-0.39, 0.29) is 24.7 Å². The van der Waals surface area contributed by atoms with Crippen LogP contribution in [0.15, 0.2) is 72.8 Å². The van der Waals surface area contributed by atoms with Crippen molar-refractivity contribution in [2.45, 2.75) is 12.8 Å². The molecular weight excluding hydrogens is 514 g/mol. The van der Waals surface area contributed by atoms with Crippen LogP contribution in [-0.2, 0) is 4.28 Å². The summed E-state index contributed by atoms with van der Waals surface area (Å²) in [6.45, 7) is -3.11. The van der Waals surface area contributed by atoms with Gasteiger partial charge in [0.15, 0.2) is 17.5 Å². The van der Waals surface area contributed by atoms with E-state index in [4.69, 9.17) is 9.31 Å². The quantitative estimate of drug-likeness (QED) is 0.0779. The molecule has 0 amide bonds. The van der Waals surface area contributed by atoms with Gasteiger partial charge in [0, 0.05) is 24.0 Å². The third-order valence-electron chi connectivity index (χ3n) is 7.70. The van der Waals surface area contributed by atoms with E-state index in [9.17, 15) is 13.2 Å². The van der Waals surface area contributed by atoms with Crippen LogP contribution < -0.4 is 14.8 Å². The Morgan fingerprint density at radius 3 is 1.46 bits per heavy atom. The van der Waals surface area contributed by atoms with Gasteiger partial charge in [-0.05, 0) is 33.7 Å². The summed E-state index contributed by atoms with van der Waals surface area (Å²) in [5.74, 6) is -9.93. The Bertz CT molecular complexity index is 1690. The number of hydrogen-bond acceptors (Lipinski definition) is 2. The Morgan fingerprint density at radius 2 is 0.974 bits per heavy atom. The highest BCUT2D eigenvalue weighted by Gasteiger charge is 2.59. The molecule has 1 fully saturated rings. The summed E-state index contributed by atoms with van der Waals surface area (Å²) in [5, 5.41) is 3.32. The highest BCUT2D eigenvalue weighted by Crippen LogP contribution is 2.49. The molecule has 196 valence electrons. The van der Waals surface area contributed by atoms with Crippen LogP contribution in [0, 0.1) is 29.1 Å². The summed E-state index contributed by atoms with van der Waals surface area (Å²) in [6, 6.07) is 22.0. The van der Waals surface area contributed by atoms with Crippen LogP contribution in [0.2, 0.25) is 0 Å². The van der Waals surface area contributed by atoms with Crippen LogP contribution in [0.5, 0.6) is 11.5 Å². The van der Waals surface area contributed by atoms with Crippen molar-refractivity contribution in [2.24, 2.45) is 0 Å². The number of benzene rings is 5. The molecule has 0 saturated carbocycles. The fraction of sp³-hybridized carbons (Fsp3) is 0.133. The van der Waals surface area contributed by atoms with E-state index < -0.39 is 41.3 Å². The standard InChI is InChI=1S/C30H20BF5O3/c32-26-25(27(33)29(35)30(36)28(26)34)31(39-15-5-6-16-39)37-21-13-11-17-7-1-3-9-19(17)23(21)24-20-10-4-2-8-18(20)12-14-22(24)38-31/h1-4,7-14H,5-6,15-16H2. The first-order valence-corrected chi connectivity index (χ1v) is 12.7. The molecule has 2 aliphatic rings.